The largest absolute Gasteiger partial charge is 0.303 e. The highest BCUT2D eigenvalue weighted by atomic mass is 79.9. The predicted molar refractivity (Wildman–Crippen MR) is 59.0 cm³/mol. The van der Waals surface area contributed by atoms with Crippen LogP contribution in [0, 0.1) is 0 Å². The fraction of sp³-hybridized carbons (Fsp3) is 0.889. The molecule has 1 unspecified atom stereocenters. The van der Waals surface area contributed by atoms with Crippen molar-refractivity contribution in [3.05, 3.63) is 0 Å². The second-order valence-corrected chi connectivity index (χ2v) is 4.92. The lowest BCUT2D eigenvalue weighted by Gasteiger charge is -2.07. The molecule has 0 spiro atoms. The zero-order chi connectivity index (χ0) is 9.56. The van der Waals surface area contributed by atoms with Crippen molar-refractivity contribution >= 4 is 21.6 Å². The molecule has 0 aromatic rings. The minimum absolute atomic E-state index is 0.629. The van der Waals surface area contributed by atoms with Gasteiger partial charge in [-0.25, -0.2) is 0 Å². The van der Waals surface area contributed by atoms with E-state index in [1.807, 2.05) is 19.1 Å². The van der Waals surface area contributed by atoms with Gasteiger partial charge in [-0.15, -0.1) is 0 Å². The van der Waals surface area contributed by atoms with Gasteiger partial charge in [0, 0.05) is 24.6 Å². The molecule has 0 amide bonds. The second-order valence-electron chi connectivity index (χ2n) is 3.36. The molecule has 2 nitrogen and oxygen atoms in total. The summed E-state index contributed by atoms with van der Waals surface area (Å²) in [5, 5.41) is 6.16. The minimum Gasteiger partial charge on any atom is -0.303 e. The van der Waals surface area contributed by atoms with E-state index >= 15 is 0 Å². The van der Waals surface area contributed by atoms with E-state index < -0.39 is 0 Å². The molecule has 3 heteroatoms. The Morgan fingerprint density at radius 3 is 2.50 bits per heavy atom. The highest BCUT2D eigenvalue weighted by molar-refractivity contribution is 9.09. The lowest BCUT2D eigenvalue weighted by molar-refractivity contribution is 0.435. The zero-order valence-corrected chi connectivity index (χ0v) is 10.1. The summed E-state index contributed by atoms with van der Waals surface area (Å²) >= 11 is 3.53. The van der Waals surface area contributed by atoms with Gasteiger partial charge in [-0.2, -0.15) is 5.10 Å². The van der Waals surface area contributed by atoms with Crippen LogP contribution < -0.4 is 0 Å². The topological polar surface area (TPSA) is 15.6 Å². The zero-order valence-electron chi connectivity index (χ0n) is 8.47. The average Bonchev–Trinajstić information content (AvgIpc) is 1.84. The smallest absolute Gasteiger partial charge is 0.0349 e. The maximum atomic E-state index is 4.31. The molecule has 0 rings (SSSR count). The molecule has 0 N–H and O–H groups in total. The van der Waals surface area contributed by atoms with E-state index in [0.717, 1.165) is 6.42 Å². The first-order chi connectivity index (χ1) is 5.52. The highest BCUT2D eigenvalue weighted by Crippen LogP contribution is 2.08. The van der Waals surface area contributed by atoms with Crippen molar-refractivity contribution in [2.75, 3.05) is 14.1 Å². The number of nitrogens with zero attached hydrogens (tertiary/aromatic N) is 2. The Balaban J connectivity index is 3.50. The van der Waals surface area contributed by atoms with Crippen molar-refractivity contribution in [1.29, 1.82) is 0 Å². The molecule has 0 saturated carbocycles. The highest BCUT2D eigenvalue weighted by Gasteiger charge is 1.97. The maximum Gasteiger partial charge on any atom is 0.0349 e. The Labute approximate surface area is 84.2 Å². The first kappa shape index (κ1) is 11.9. The van der Waals surface area contributed by atoms with E-state index in [2.05, 4.69) is 34.9 Å². The van der Waals surface area contributed by atoms with E-state index in [1.165, 1.54) is 18.6 Å². The Hall–Kier alpha value is -0.0500. The van der Waals surface area contributed by atoms with E-state index in [1.54, 1.807) is 0 Å². The lowest BCUT2D eigenvalue weighted by atomic mass is 10.1. The summed E-state index contributed by atoms with van der Waals surface area (Å²) < 4.78 is 0. The first-order valence-electron chi connectivity index (χ1n) is 4.38. The third-order valence-electron chi connectivity index (χ3n) is 1.51. The summed E-state index contributed by atoms with van der Waals surface area (Å²) in [5.41, 5.74) is 1.22. The van der Waals surface area contributed by atoms with Gasteiger partial charge in [-0.05, 0) is 26.2 Å². The summed E-state index contributed by atoms with van der Waals surface area (Å²) in [6, 6.07) is 0. The molecule has 0 aliphatic heterocycles. The molecule has 0 aliphatic rings. The number of hydrogen-bond acceptors (Lipinski definition) is 2. The van der Waals surface area contributed by atoms with Crippen molar-refractivity contribution in [3.8, 4) is 0 Å². The normalized spacial score (nSPS) is 14.6. The fourth-order valence-electron chi connectivity index (χ4n) is 1.03. The summed E-state index contributed by atoms with van der Waals surface area (Å²) in [7, 11) is 3.91. The van der Waals surface area contributed by atoms with Crippen LogP contribution in [-0.4, -0.2) is 29.6 Å². The van der Waals surface area contributed by atoms with Crippen LogP contribution in [0.2, 0.25) is 0 Å². The Bertz CT molecular complexity index is 141. The Morgan fingerprint density at radius 2 is 2.08 bits per heavy atom. The Morgan fingerprint density at radius 1 is 1.50 bits per heavy atom. The van der Waals surface area contributed by atoms with Crippen molar-refractivity contribution < 1.29 is 0 Å². The van der Waals surface area contributed by atoms with E-state index in [-0.39, 0.29) is 0 Å². The van der Waals surface area contributed by atoms with Crippen LogP contribution >= 0.6 is 15.9 Å². The molecule has 0 aromatic heterocycles. The van der Waals surface area contributed by atoms with E-state index in [4.69, 9.17) is 0 Å². The van der Waals surface area contributed by atoms with Gasteiger partial charge in [0.1, 0.15) is 0 Å². The summed E-state index contributed by atoms with van der Waals surface area (Å²) in [4.78, 5) is 0.629. The molecule has 72 valence electrons. The van der Waals surface area contributed by atoms with Crippen LogP contribution in [0.25, 0.3) is 0 Å². The molecular formula is C9H19BrN2. The van der Waals surface area contributed by atoms with Crippen LogP contribution in [0.15, 0.2) is 5.10 Å². The molecule has 0 heterocycles. The van der Waals surface area contributed by atoms with Crippen molar-refractivity contribution in [2.45, 2.75) is 37.9 Å². The van der Waals surface area contributed by atoms with E-state index in [9.17, 15) is 0 Å². The summed E-state index contributed by atoms with van der Waals surface area (Å²) in [5.74, 6) is 0. The molecule has 0 radical (unpaired) electrons. The molecule has 0 bridgehead atoms. The van der Waals surface area contributed by atoms with Crippen molar-refractivity contribution in [1.82, 2.24) is 5.01 Å². The second kappa shape index (κ2) is 6.46. The van der Waals surface area contributed by atoms with Crippen LogP contribution in [0.5, 0.6) is 0 Å². The van der Waals surface area contributed by atoms with Gasteiger partial charge in [0.15, 0.2) is 0 Å². The van der Waals surface area contributed by atoms with Gasteiger partial charge in [0.05, 0.1) is 0 Å². The van der Waals surface area contributed by atoms with Crippen molar-refractivity contribution in [2.24, 2.45) is 5.10 Å². The number of hydrogen-bond donors (Lipinski definition) is 0. The standard InChI is InChI=1S/C9H19BrN2/c1-8(10)6-5-7-9(2)11-12(3)4/h8H,5-7H2,1-4H3/b11-9+. The molecular weight excluding hydrogens is 216 g/mol. The molecule has 1 atom stereocenters. The monoisotopic (exact) mass is 234 g/mol. The van der Waals surface area contributed by atoms with Crippen LogP contribution in [0.1, 0.15) is 33.1 Å². The van der Waals surface area contributed by atoms with Crippen LogP contribution in [-0.2, 0) is 0 Å². The third kappa shape index (κ3) is 8.05. The van der Waals surface area contributed by atoms with Gasteiger partial charge in [-0.1, -0.05) is 22.9 Å². The van der Waals surface area contributed by atoms with Crippen LogP contribution in [0.3, 0.4) is 0 Å². The SMILES string of the molecule is C/C(CCCC(C)Br)=N\N(C)C. The summed E-state index contributed by atoms with van der Waals surface area (Å²) in [6.07, 6.45) is 3.55. The molecule has 0 aromatic carbocycles. The minimum atomic E-state index is 0.629. The van der Waals surface area contributed by atoms with Crippen LogP contribution in [0.4, 0.5) is 0 Å². The van der Waals surface area contributed by atoms with Gasteiger partial charge >= 0.3 is 0 Å². The average molecular weight is 235 g/mol. The van der Waals surface area contributed by atoms with Gasteiger partial charge in [-0.3, -0.25) is 0 Å². The lowest BCUT2D eigenvalue weighted by Crippen LogP contribution is -2.06. The van der Waals surface area contributed by atoms with Crippen molar-refractivity contribution in [3.63, 3.8) is 0 Å². The Kier molecular flexibility index (Phi) is 6.44. The molecule has 0 fully saturated rings. The molecule has 0 saturated heterocycles. The van der Waals surface area contributed by atoms with Gasteiger partial charge in [0.25, 0.3) is 0 Å². The number of halogens is 1. The van der Waals surface area contributed by atoms with Gasteiger partial charge < -0.3 is 5.01 Å². The molecule has 0 aliphatic carbocycles. The number of rotatable bonds is 5. The number of hydrazone groups is 1. The third-order valence-corrected chi connectivity index (χ3v) is 1.97. The van der Waals surface area contributed by atoms with E-state index in [0.29, 0.717) is 4.83 Å². The first-order valence-corrected chi connectivity index (χ1v) is 5.29. The molecule has 12 heavy (non-hydrogen) atoms. The maximum absolute atomic E-state index is 4.31. The number of alkyl halides is 1. The summed E-state index contributed by atoms with van der Waals surface area (Å²) in [6.45, 7) is 4.26. The predicted octanol–water partition coefficient (Wildman–Crippen LogP) is 2.88. The quantitative estimate of drug-likeness (QED) is 0.406. The fourth-order valence-corrected chi connectivity index (χ4v) is 1.35. The van der Waals surface area contributed by atoms with Gasteiger partial charge in [0.2, 0.25) is 0 Å².